The number of hydrogen-bond acceptors (Lipinski definition) is 3. The van der Waals surface area contributed by atoms with Crippen LogP contribution in [0.1, 0.15) is 42.6 Å². The van der Waals surface area contributed by atoms with Crippen molar-refractivity contribution in [3.8, 4) is 0 Å². The van der Waals surface area contributed by atoms with Crippen molar-refractivity contribution in [2.45, 2.75) is 45.3 Å². The number of rotatable bonds is 8. The van der Waals surface area contributed by atoms with Crippen molar-refractivity contribution >= 4 is 17.7 Å². The second-order valence-electron chi connectivity index (χ2n) is 5.66. The van der Waals surface area contributed by atoms with Crippen LogP contribution in [0, 0.1) is 0 Å². The number of likely N-dealkylation sites (N-methyl/N-ethyl adjacent to an activating group) is 1. The highest BCUT2D eigenvalue weighted by molar-refractivity contribution is 5.97. The highest BCUT2D eigenvalue weighted by Crippen LogP contribution is 2.21. The van der Waals surface area contributed by atoms with Crippen LogP contribution in [-0.2, 0) is 16.0 Å². The number of halogens is 3. The van der Waals surface area contributed by atoms with E-state index < -0.39 is 24.1 Å². The van der Waals surface area contributed by atoms with Crippen LogP contribution in [0.2, 0.25) is 0 Å². The molecule has 1 amide bonds. The topological polar surface area (TPSA) is 74.7 Å². The van der Waals surface area contributed by atoms with Crippen LogP contribution in [0.4, 0.5) is 13.2 Å². The summed E-state index contributed by atoms with van der Waals surface area (Å²) in [6.45, 7) is 2.94. The molecule has 25 heavy (non-hydrogen) atoms. The van der Waals surface area contributed by atoms with Gasteiger partial charge in [0.25, 0.3) is 0 Å². The lowest BCUT2D eigenvalue weighted by molar-refractivity contribution is -0.187. The van der Waals surface area contributed by atoms with Crippen molar-refractivity contribution in [3.63, 3.8) is 0 Å². The highest BCUT2D eigenvalue weighted by Gasteiger charge is 2.43. The van der Waals surface area contributed by atoms with E-state index >= 15 is 0 Å². The predicted molar refractivity (Wildman–Crippen MR) is 84.3 cm³/mol. The smallest absolute Gasteiger partial charge is 0.471 e. The number of alkyl halides is 3. The molecule has 0 aliphatic carbocycles. The summed E-state index contributed by atoms with van der Waals surface area (Å²) in [5, 5.41) is 8.57. The minimum absolute atomic E-state index is 0.0642. The van der Waals surface area contributed by atoms with Crippen LogP contribution in [0.25, 0.3) is 0 Å². The molecule has 0 heterocycles. The fourth-order valence-electron chi connectivity index (χ4n) is 2.46. The first-order valence-corrected chi connectivity index (χ1v) is 7.78. The Hall–Kier alpha value is -2.38. The normalized spacial score (nSPS) is 12.5. The van der Waals surface area contributed by atoms with Gasteiger partial charge in [-0.25, -0.2) is 0 Å². The second-order valence-corrected chi connectivity index (χ2v) is 5.66. The minimum Gasteiger partial charge on any atom is -0.481 e. The molecule has 0 aliphatic heterocycles. The average molecular weight is 359 g/mol. The van der Waals surface area contributed by atoms with Gasteiger partial charge in [0, 0.05) is 24.6 Å². The lowest BCUT2D eigenvalue weighted by atomic mass is 10.0. The quantitative estimate of drug-likeness (QED) is 0.724. The maximum Gasteiger partial charge on any atom is 0.471 e. The van der Waals surface area contributed by atoms with E-state index in [1.54, 1.807) is 12.1 Å². The van der Waals surface area contributed by atoms with Crippen molar-refractivity contribution in [1.82, 2.24) is 4.90 Å². The first-order valence-electron chi connectivity index (χ1n) is 7.78. The molecule has 0 bridgehead atoms. The monoisotopic (exact) mass is 359 g/mol. The first kappa shape index (κ1) is 20.7. The third-order valence-corrected chi connectivity index (χ3v) is 3.75. The lowest BCUT2D eigenvalue weighted by Crippen LogP contribution is -2.46. The van der Waals surface area contributed by atoms with E-state index in [2.05, 4.69) is 0 Å². The summed E-state index contributed by atoms with van der Waals surface area (Å²) in [5.74, 6) is -3.25. The minimum atomic E-state index is -4.91. The Morgan fingerprint density at radius 1 is 1.12 bits per heavy atom. The highest BCUT2D eigenvalue weighted by atomic mass is 19.4. The molecule has 0 aromatic heterocycles. The molecule has 0 unspecified atom stereocenters. The Morgan fingerprint density at radius 2 is 1.68 bits per heavy atom. The lowest BCUT2D eigenvalue weighted by Gasteiger charge is -2.28. The van der Waals surface area contributed by atoms with E-state index in [1.165, 1.54) is 26.0 Å². The maximum absolute atomic E-state index is 12.6. The van der Waals surface area contributed by atoms with E-state index in [1.807, 2.05) is 0 Å². The molecule has 0 radical (unpaired) electrons. The fourth-order valence-corrected chi connectivity index (χ4v) is 2.46. The molecule has 138 valence electrons. The average Bonchev–Trinajstić information content (AvgIpc) is 2.53. The zero-order chi connectivity index (χ0) is 19.2. The summed E-state index contributed by atoms with van der Waals surface area (Å²) in [7, 11) is 0. The molecule has 1 N–H and O–H groups in total. The van der Waals surface area contributed by atoms with Crippen LogP contribution in [0.15, 0.2) is 24.3 Å². The maximum atomic E-state index is 12.6. The van der Waals surface area contributed by atoms with Crippen LogP contribution in [-0.4, -0.2) is 46.4 Å². The molecule has 1 atom stereocenters. The van der Waals surface area contributed by atoms with Crippen molar-refractivity contribution in [1.29, 1.82) is 0 Å². The van der Waals surface area contributed by atoms with E-state index in [-0.39, 0.29) is 31.6 Å². The van der Waals surface area contributed by atoms with Crippen LogP contribution < -0.4 is 0 Å². The number of carbonyl (C=O) groups is 3. The summed E-state index contributed by atoms with van der Waals surface area (Å²) in [6, 6.07) is 5.54. The number of ketones is 1. The van der Waals surface area contributed by atoms with Crippen LogP contribution in [0.3, 0.4) is 0 Å². The van der Waals surface area contributed by atoms with Gasteiger partial charge in [0.2, 0.25) is 0 Å². The van der Waals surface area contributed by atoms with Gasteiger partial charge in [-0.15, -0.1) is 0 Å². The molecule has 0 spiro atoms. The molecule has 0 fully saturated rings. The Morgan fingerprint density at radius 3 is 2.12 bits per heavy atom. The summed E-state index contributed by atoms with van der Waals surface area (Å²) < 4.78 is 37.8. The van der Waals surface area contributed by atoms with Crippen molar-refractivity contribution in [2.24, 2.45) is 0 Å². The van der Waals surface area contributed by atoms with Crippen LogP contribution >= 0.6 is 0 Å². The number of Topliss-reactive ketones (excluding diaryl/α,β-unsaturated/α-hetero) is 1. The number of carboxylic acids is 1. The van der Waals surface area contributed by atoms with E-state index in [4.69, 9.17) is 5.11 Å². The van der Waals surface area contributed by atoms with Gasteiger partial charge in [0.15, 0.2) is 5.78 Å². The zero-order valence-corrected chi connectivity index (χ0v) is 14.0. The number of benzene rings is 1. The van der Waals surface area contributed by atoms with E-state index in [0.717, 1.165) is 4.90 Å². The van der Waals surface area contributed by atoms with Gasteiger partial charge in [0.1, 0.15) is 0 Å². The molecule has 0 saturated carbocycles. The Bertz CT molecular complexity index is 626. The number of hydrogen-bond donors (Lipinski definition) is 1. The number of nitrogens with zero attached hydrogens (tertiary/aromatic N) is 1. The van der Waals surface area contributed by atoms with Gasteiger partial charge < -0.3 is 10.0 Å². The van der Waals surface area contributed by atoms with Crippen molar-refractivity contribution < 1.29 is 32.7 Å². The van der Waals surface area contributed by atoms with Crippen molar-refractivity contribution in [3.05, 3.63) is 35.4 Å². The molecular formula is C17H20F3NO4. The number of amides is 1. The molecule has 1 rings (SSSR count). The largest absolute Gasteiger partial charge is 0.481 e. The van der Waals surface area contributed by atoms with Crippen LogP contribution in [0.5, 0.6) is 0 Å². The van der Waals surface area contributed by atoms with E-state index in [9.17, 15) is 27.6 Å². The molecule has 5 nitrogen and oxygen atoms in total. The standard InChI is InChI=1S/C17H20F3NO4/c1-3-21(16(25)17(18,19)20)11(2)10-12-4-6-13(7-5-12)14(22)8-9-15(23)24/h4-7,11H,3,8-10H2,1-2H3,(H,23,24)/t11-/m0/s1. The zero-order valence-electron chi connectivity index (χ0n) is 14.0. The summed E-state index contributed by atoms with van der Waals surface area (Å²) in [6.07, 6.45) is -5.08. The molecular weight excluding hydrogens is 339 g/mol. The second kappa shape index (κ2) is 8.64. The molecule has 8 heteroatoms. The van der Waals surface area contributed by atoms with Gasteiger partial charge in [-0.3, -0.25) is 14.4 Å². The first-order chi connectivity index (χ1) is 11.6. The van der Waals surface area contributed by atoms with E-state index in [0.29, 0.717) is 11.1 Å². The SMILES string of the molecule is CCN(C(=O)C(F)(F)F)[C@@H](C)Cc1ccc(C(=O)CCC(=O)O)cc1. The molecule has 0 saturated heterocycles. The Balaban J connectivity index is 2.75. The third kappa shape index (κ3) is 6.21. The number of carbonyl (C=O) groups excluding carboxylic acids is 2. The summed E-state index contributed by atoms with van der Waals surface area (Å²) in [5.41, 5.74) is 1.02. The van der Waals surface area contributed by atoms with Gasteiger partial charge in [-0.2, -0.15) is 13.2 Å². The van der Waals surface area contributed by atoms with Gasteiger partial charge in [0.05, 0.1) is 6.42 Å². The molecule has 1 aromatic rings. The Kier molecular flexibility index (Phi) is 7.14. The Labute approximate surface area is 143 Å². The molecule has 1 aromatic carbocycles. The molecule has 0 aliphatic rings. The number of aliphatic carboxylic acids is 1. The van der Waals surface area contributed by atoms with Gasteiger partial charge in [-0.1, -0.05) is 24.3 Å². The third-order valence-electron chi connectivity index (χ3n) is 3.75. The predicted octanol–water partition coefficient (Wildman–Crippen LogP) is 3.08. The summed E-state index contributed by atoms with van der Waals surface area (Å²) >= 11 is 0. The fraction of sp³-hybridized carbons (Fsp3) is 0.471. The number of carboxylic acid groups (broad SMARTS) is 1. The van der Waals surface area contributed by atoms with Crippen molar-refractivity contribution in [2.75, 3.05) is 6.54 Å². The van der Waals surface area contributed by atoms with Gasteiger partial charge in [-0.05, 0) is 25.8 Å². The van der Waals surface area contributed by atoms with Gasteiger partial charge >= 0.3 is 18.1 Å². The summed E-state index contributed by atoms with van der Waals surface area (Å²) in [4.78, 5) is 34.4.